The number of aryl methyl sites for hydroxylation is 1. The minimum absolute atomic E-state index is 1.15. The van der Waals surface area contributed by atoms with E-state index < -0.39 is 0 Å². The molecule has 0 spiro atoms. The second-order valence-corrected chi connectivity index (χ2v) is 9.08. The molecule has 0 unspecified atom stereocenters. The van der Waals surface area contributed by atoms with Crippen LogP contribution in [-0.2, 0) is 6.42 Å². The highest BCUT2D eigenvalue weighted by Gasteiger charge is 1.96. The third-order valence-corrected chi connectivity index (χ3v) is 6.30. The lowest BCUT2D eigenvalue weighted by Crippen LogP contribution is -1.84. The zero-order valence-electron chi connectivity index (χ0n) is 19.7. The number of fused-ring (bicyclic) bond motifs is 1. The molecule has 0 aliphatic heterocycles. The zero-order valence-corrected chi connectivity index (χ0v) is 19.7. The lowest BCUT2D eigenvalue weighted by molar-refractivity contribution is 0.536. The lowest BCUT2D eigenvalue weighted by Gasteiger charge is -2.03. The number of allylic oxidation sites excluding steroid dienone is 2. The molecular formula is C30H46. The second-order valence-electron chi connectivity index (χ2n) is 9.08. The van der Waals surface area contributed by atoms with Crippen molar-refractivity contribution in [3.05, 3.63) is 60.2 Å². The quantitative estimate of drug-likeness (QED) is 0.170. The van der Waals surface area contributed by atoms with Gasteiger partial charge in [0.1, 0.15) is 0 Å². The minimum atomic E-state index is 1.15. The van der Waals surface area contributed by atoms with Crippen LogP contribution < -0.4 is 0 Å². The Morgan fingerprint density at radius 2 is 1.07 bits per heavy atom. The van der Waals surface area contributed by atoms with Crippen LogP contribution in [0.25, 0.3) is 10.8 Å². The number of hydrogen-bond acceptors (Lipinski definition) is 0. The van der Waals surface area contributed by atoms with Crippen LogP contribution in [0.4, 0.5) is 0 Å². The van der Waals surface area contributed by atoms with Crippen molar-refractivity contribution in [2.24, 2.45) is 0 Å². The molecule has 0 aromatic heterocycles. The van der Waals surface area contributed by atoms with Crippen LogP contribution in [0.5, 0.6) is 0 Å². The summed E-state index contributed by atoms with van der Waals surface area (Å²) in [6, 6.07) is 15.5. The number of hydrogen-bond donors (Lipinski definition) is 0. The maximum Gasteiger partial charge on any atom is -0.0181 e. The van der Waals surface area contributed by atoms with Gasteiger partial charge < -0.3 is 0 Å². The molecule has 0 fully saturated rings. The van der Waals surface area contributed by atoms with Crippen LogP contribution in [0.3, 0.4) is 0 Å². The Morgan fingerprint density at radius 3 is 1.70 bits per heavy atom. The molecule has 0 heterocycles. The molecule has 0 amide bonds. The van der Waals surface area contributed by atoms with Gasteiger partial charge in [-0.15, -0.1) is 0 Å². The predicted octanol–water partition coefficient (Wildman–Crippen LogP) is 10.2. The van der Waals surface area contributed by atoms with Crippen LogP contribution in [0.1, 0.15) is 115 Å². The first-order chi connectivity index (χ1) is 14.9. The van der Waals surface area contributed by atoms with Crippen molar-refractivity contribution in [2.45, 2.75) is 116 Å². The molecule has 0 saturated heterocycles. The van der Waals surface area contributed by atoms with E-state index in [1.807, 2.05) is 0 Å². The topological polar surface area (TPSA) is 0 Å². The van der Waals surface area contributed by atoms with Crippen molar-refractivity contribution in [1.29, 1.82) is 0 Å². The second kappa shape index (κ2) is 17.2. The van der Waals surface area contributed by atoms with Crippen LogP contribution in [0, 0.1) is 0 Å². The summed E-state index contributed by atoms with van der Waals surface area (Å²) in [6.45, 7) is 2.30. The average Bonchev–Trinajstić information content (AvgIpc) is 2.78. The van der Waals surface area contributed by atoms with Crippen molar-refractivity contribution in [3.8, 4) is 0 Å². The van der Waals surface area contributed by atoms with E-state index in [4.69, 9.17) is 0 Å². The SMILES string of the molecule is CCCCCCCCCCCCCCCC/C=C/CCc1ccc2ccccc2c1. The molecule has 0 N–H and O–H groups in total. The van der Waals surface area contributed by atoms with Gasteiger partial charge in [-0.05, 0) is 42.0 Å². The van der Waals surface area contributed by atoms with Gasteiger partial charge in [0.05, 0.1) is 0 Å². The first kappa shape index (κ1) is 24.7. The maximum atomic E-state index is 2.40. The van der Waals surface area contributed by atoms with Gasteiger partial charge in [0, 0.05) is 0 Å². The van der Waals surface area contributed by atoms with Gasteiger partial charge in [-0.2, -0.15) is 0 Å². The number of benzene rings is 2. The first-order valence-electron chi connectivity index (χ1n) is 13.0. The van der Waals surface area contributed by atoms with Gasteiger partial charge in [-0.1, -0.05) is 145 Å². The fourth-order valence-corrected chi connectivity index (χ4v) is 4.34. The van der Waals surface area contributed by atoms with Crippen molar-refractivity contribution in [1.82, 2.24) is 0 Å². The molecule has 166 valence electrons. The summed E-state index contributed by atoms with van der Waals surface area (Å²) >= 11 is 0. The summed E-state index contributed by atoms with van der Waals surface area (Å²) in [6.07, 6.45) is 28.5. The van der Waals surface area contributed by atoms with E-state index in [2.05, 4.69) is 61.5 Å². The highest BCUT2D eigenvalue weighted by molar-refractivity contribution is 5.82. The van der Waals surface area contributed by atoms with Crippen LogP contribution in [-0.4, -0.2) is 0 Å². The van der Waals surface area contributed by atoms with Crippen LogP contribution >= 0.6 is 0 Å². The molecule has 0 atom stereocenters. The summed E-state index contributed by atoms with van der Waals surface area (Å²) in [5.74, 6) is 0. The summed E-state index contributed by atoms with van der Waals surface area (Å²) in [5, 5.41) is 2.70. The Morgan fingerprint density at radius 1 is 0.533 bits per heavy atom. The van der Waals surface area contributed by atoms with Gasteiger partial charge in [0.2, 0.25) is 0 Å². The summed E-state index contributed by atoms with van der Waals surface area (Å²) in [5.41, 5.74) is 1.45. The summed E-state index contributed by atoms with van der Waals surface area (Å²) in [7, 11) is 0. The molecule has 0 radical (unpaired) electrons. The highest BCUT2D eigenvalue weighted by Crippen LogP contribution is 2.17. The van der Waals surface area contributed by atoms with Crippen LogP contribution in [0.2, 0.25) is 0 Å². The van der Waals surface area contributed by atoms with E-state index in [0.29, 0.717) is 0 Å². The van der Waals surface area contributed by atoms with Gasteiger partial charge in [-0.3, -0.25) is 0 Å². The van der Waals surface area contributed by atoms with Gasteiger partial charge in [0.25, 0.3) is 0 Å². The van der Waals surface area contributed by atoms with Gasteiger partial charge in [0.15, 0.2) is 0 Å². The van der Waals surface area contributed by atoms with E-state index in [9.17, 15) is 0 Å². The maximum absolute atomic E-state index is 2.40. The molecule has 30 heavy (non-hydrogen) atoms. The Hall–Kier alpha value is -1.56. The molecule has 0 bridgehead atoms. The Kier molecular flexibility index (Phi) is 14.1. The van der Waals surface area contributed by atoms with Crippen molar-refractivity contribution in [2.75, 3.05) is 0 Å². The van der Waals surface area contributed by atoms with Gasteiger partial charge >= 0.3 is 0 Å². The lowest BCUT2D eigenvalue weighted by atomic mass is 10.0. The van der Waals surface area contributed by atoms with Gasteiger partial charge in [-0.25, -0.2) is 0 Å². The Labute approximate surface area is 187 Å². The van der Waals surface area contributed by atoms with Crippen molar-refractivity contribution in [3.63, 3.8) is 0 Å². The standard InChI is InChI=1S/C30H46/c1-2-3-4-5-6-7-8-9-10-11-12-13-14-15-16-17-18-19-22-28-25-26-29-23-20-21-24-30(29)27-28/h17-18,20-21,23-27H,2-16,19,22H2,1H3/b18-17+. The average molecular weight is 407 g/mol. The van der Waals surface area contributed by atoms with E-state index in [-0.39, 0.29) is 0 Å². The van der Waals surface area contributed by atoms with Crippen molar-refractivity contribution < 1.29 is 0 Å². The normalized spacial score (nSPS) is 11.6. The van der Waals surface area contributed by atoms with E-state index in [1.165, 1.54) is 113 Å². The molecule has 0 nitrogen and oxygen atoms in total. The molecule has 0 aliphatic carbocycles. The van der Waals surface area contributed by atoms with E-state index in [1.54, 1.807) is 0 Å². The van der Waals surface area contributed by atoms with Crippen LogP contribution in [0.15, 0.2) is 54.6 Å². The molecule has 2 aromatic carbocycles. The molecule has 0 heteroatoms. The largest absolute Gasteiger partial charge is 0.0885 e. The molecule has 2 rings (SSSR count). The fraction of sp³-hybridized carbons (Fsp3) is 0.600. The molecule has 0 saturated carbocycles. The summed E-state index contributed by atoms with van der Waals surface area (Å²) < 4.78 is 0. The predicted molar refractivity (Wildman–Crippen MR) is 136 cm³/mol. The molecule has 2 aromatic rings. The smallest absolute Gasteiger partial charge is 0.0181 e. The third kappa shape index (κ3) is 11.6. The first-order valence-corrected chi connectivity index (χ1v) is 13.0. The molecular weight excluding hydrogens is 360 g/mol. The minimum Gasteiger partial charge on any atom is -0.0885 e. The summed E-state index contributed by atoms with van der Waals surface area (Å²) in [4.78, 5) is 0. The number of unbranched alkanes of at least 4 members (excludes halogenated alkanes) is 14. The third-order valence-electron chi connectivity index (χ3n) is 6.30. The number of rotatable bonds is 18. The van der Waals surface area contributed by atoms with Crippen molar-refractivity contribution >= 4 is 10.8 Å². The fourth-order valence-electron chi connectivity index (χ4n) is 4.34. The Bertz CT molecular complexity index is 681. The monoisotopic (exact) mass is 406 g/mol. The Balaban J connectivity index is 1.35. The van der Waals surface area contributed by atoms with E-state index >= 15 is 0 Å². The zero-order chi connectivity index (χ0) is 21.1. The highest BCUT2D eigenvalue weighted by atomic mass is 14.0. The van der Waals surface area contributed by atoms with E-state index in [0.717, 1.165) is 12.8 Å². The molecule has 0 aliphatic rings.